The Morgan fingerprint density at radius 3 is 2.61 bits per heavy atom. The maximum atomic E-state index is 13.0. The molecule has 0 spiro atoms. The highest BCUT2D eigenvalue weighted by Crippen LogP contribution is 2.36. The summed E-state index contributed by atoms with van der Waals surface area (Å²) in [7, 11) is 0. The standard InChI is InChI=1S/C13H10FNO2S/c14-13-8-10(3-4-15-13)18-9-1-2-11-12(7-9)17-6-5-16-11/h1-4,7-8H,5-6H2. The zero-order chi connectivity index (χ0) is 12.4. The Bertz CT molecular complexity index is 577. The van der Waals surface area contributed by atoms with E-state index in [2.05, 4.69) is 4.98 Å². The molecule has 0 bridgehead atoms. The molecule has 5 heteroatoms. The van der Waals surface area contributed by atoms with Gasteiger partial charge >= 0.3 is 0 Å². The van der Waals surface area contributed by atoms with Gasteiger partial charge in [0.15, 0.2) is 11.5 Å². The van der Waals surface area contributed by atoms with E-state index in [1.165, 1.54) is 24.0 Å². The third-order valence-electron chi connectivity index (χ3n) is 2.45. The molecule has 0 fully saturated rings. The lowest BCUT2D eigenvalue weighted by molar-refractivity contribution is 0.171. The van der Waals surface area contributed by atoms with Crippen molar-refractivity contribution in [3.05, 3.63) is 42.5 Å². The van der Waals surface area contributed by atoms with Crippen LogP contribution in [0.4, 0.5) is 4.39 Å². The van der Waals surface area contributed by atoms with Crippen LogP contribution in [0, 0.1) is 5.95 Å². The van der Waals surface area contributed by atoms with Gasteiger partial charge in [-0.15, -0.1) is 0 Å². The molecule has 0 unspecified atom stereocenters. The number of benzene rings is 1. The number of halogens is 1. The number of fused-ring (bicyclic) bond motifs is 1. The van der Waals surface area contributed by atoms with Gasteiger partial charge in [0.1, 0.15) is 13.2 Å². The molecule has 3 rings (SSSR count). The average Bonchev–Trinajstić information content (AvgIpc) is 2.39. The topological polar surface area (TPSA) is 31.4 Å². The second kappa shape index (κ2) is 4.86. The molecule has 0 saturated carbocycles. The first-order chi connectivity index (χ1) is 8.81. The van der Waals surface area contributed by atoms with Crippen LogP contribution < -0.4 is 9.47 Å². The van der Waals surface area contributed by atoms with Gasteiger partial charge in [-0.3, -0.25) is 0 Å². The van der Waals surface area contributed by atoms with Crippen LogP contribution in [-0.4, -0.2) is 18.2 Å². The van der Waals surface area contributed by atoms with Gasteiger partial charge in [0.05, 0.1) is 0 Å². The lowest BCUT2D eigenvalue weighted by Crippen LogP contribution is -2.15. The smallest absolute Gasteiger partial charge is 0.213 e. The van der Waals surface area contributed by atoms with Crippen LogP contribution in [0.1, 0.15) is 0 Å². The minimum absolute atomic E-state index is 0.474. The van der Waals surface area contributed by atoms with Crippen LogP contribution in [0.2, 0.25) is 0 Å². The molecule has 1 aromatic heterocycles. The monoisotopic (exact) mass is 263 g/mol. The number of aromatic nitrogens is 1. The lowest BCUT2D eigenvalue weighted by atomic mass is 10.3. The van der Waals surface area contributed by atoms with Crippen LogP contribution >= 0.6 is 11.8 Å². The van der Waals surface area contributed by atoms with Gasteiger partial charge in [-0.25, -0.2) is 4.98 Å². The van der Waals surface area contributed by atoms with Gasteiger partial charge in [-0.2, -0.15) is 4.39 Å². The predicted octanol–water partition coefficient (Wildman–Crippen LogP) is 3.14. The number of nitrogens with zero attached hydrogens (tertiary/aromatic N) is 1. The van der Waals surface area contributed by atoms with E-state index < -0.39 is 5.95 Å². The number of hydrogen-bond acceptors (Lipinski definition) is 4. The van der Waals surface area contributed by atoms with E-state index in [1.54, 1.807) is 6.07 Å². The molecular formula is C13H10FNO2S. The molecule has 2 heterocycles. The number of hydrogen-bond donors (Lipinski definition) is 0. The van der Waals surface area contributed by atoms with Crippen molar-refractivity contribution in [2.45, 2.75) is 9.79 Å². The summed E-state index contributed by atoms with van der Waals surface area (Å²) in [5.74, 6) is 1.02. The molecule has 1 aliphatic rings. The summed E-state index contributed by atoms with van der Waals surface area (Å²) < 4.78 is 23.9. The third kappa shape index (κ3) is 2.41. The summed E-state index contributed by atoms with van der Waals surface area (Å²) in [5, 5.41) is 0. The Balaban J connectivity index is 1.85. The molecule has 3 nitrogen and oxygen atoms in total. The first kappa shape index (κ1) is 11.3. The van der Waals surface area contributed by atoms with E-state index in [1.807, 2.05) is 18.2 Å². The molecule has 0 saturated heterocycles. The van der Waals surface area contributed by atoms with Crippen LogP contribution in [0.5, 0.6) is 11.5 Å². The van der Waals surface area contributed by atoms with Crippen LogP contribution in [-0.2, 0) is 0 Å². The van der Waals surface area contributed by atoms with Crippen molar-refractivity contribution < 1.29 is 13.9 Å². The Labute approximate surface area is 108 Å². The fourth-order valence-corrected chi connectivity index (χ4v) is 2.53. The van der Waals surface area contributed by atoms with Crippen LogP contribution in [0.15, 0.2) is 46.3 Å². The fourth-order valence-electron chi connectivity index (χ4n) is 1.67. The number of rotatable bonds is 2. The molecule has 92 valence electrons. The summed E-state index contributed by atoms with van der Waals surface area (Å²) in [6, 6.07) is 8.87. The van der Waals surface area contributed by atoms with Gasteiger partial charge in [0, 0.05) is 22.1 Å². The van der Waals surface area contributed by atoms with Gasteiger partial charge in [0.2, 0.25) is 5.95 Å². The summed E-state index contributed by atoms with van der Waals surface area (Å²) in [4.78, 5) is 5.31. The second-order valence-corrected chi connectivity index (χ2v) is 4.87. The fraction of sp³-hybridized carbons (Fsp3) is 0.154. The highest BCUT2D eigenvalue weighted by Gasteiger charge is 2.12. The second-order valence-electron chi connectivity index (χ2n) is 3.72. The molecule has 18 heavy (non-hydrogen) atoms. The van der Waals surface area contributed by atoms with E-state index in [-0.39, 0.29) is 0 Å². The number of pyridine rings is 1. The Hall–Kier alpha value is -1.75. The maximum Gasteiger partial charge on any atom is 0.213 e. The number of ether oxygens (including phenoxy) is 2. The summed E-state index contributed by atoms with van der Waals surface area (Å²) >= 11 is 1.46. The maximum absolute atomic E-state index is 13.0. The quantitative estimate of drug-likeness (QED) is 0.779. The zero-order valence-electron chi connectivity index (χ0n) is 9.43. The van der Waals surface area contributed by atoms with Gasteiger partial charge < -0.3 is 9.47 Å². The average molecular weight is 263 g/mol. The first-order valence-electron chi connectivity index (χ1n) is 5.50. The molecule has 0 amide bonds. The van der Waals surface area contributed by atoms with Crippen molar-refractivity contribution in [1.29, 1.82) is 0 Å². The van der Waals surface area contributed by atoms with Crippen molar-refractivity contribution in [3.63, 3.8) is 0 Å². The molecule has 1 aliphatic heterocycles. The molecular weight excluding hydrogens is 253 g/mol. The van der Waals surface area contributed by atoms with E-state index in [0.717, 1.165) is 21.3 Å². The van der Waals surface area contributed by atoms with Gasteiger partial charge in [-0.1, -0.05) is 11.8 Å². The normalized spacial score (nSPS) is 13.4. The van der Waals surface area contributed by atoms with Gasteiger partial charge in [-0.05, 0) is 24.3 Å². The van der Waals surface area contributed by atoms with E-state index in [9.17, 15) is 4.39 Å². The van der Waals surface area contributed by atoms with E-state index in [0.29, 0.717) is 13.2 Å². The molecule has 2 aromatic rings. The predicted molar refractivity (Wildman–Crippen MR) is 65.8 cm³/mol. The summed E-state index contributed by atoms with van der Waals surface area (Å²) in [5.41, 5.74) is 0. The van der Waals surface area contributed by atoms with E-state index >= 15 is 0 Å². The minimum Gasteiger partial charge on any atom is -0.486 e. The van der Waals surface area contributed by atoms with Crippen molar-refractivity contribution in [2.24, 2.45) is 0 Å². The first-order valence-corrected chi connectivity index (χ1v) is 6.32. The SMILES string of the molecule is Fc1cc(Sc2ccc3c(c2)OCCO3)ccn1. The van der Waals surface area contributed by atoms with Crippen molar-refractivity contribution in [3.8, 4) is 11.5 Å². The summed E-state index contributed by atoms with van der Waals surface area (Å²) in [6.45, 7) is 1.14. The van der Waals surface area contributed by atoms with Crippen LogP contribution in [0.3, 0.4) is 0 Å². The molecule has 0 radical (unpaired) electrons. The van der Waals surface area contributed by atoms with Gasteiger partial charge in [0.25, 0.3) is 0 Å². The van der Waals surface area contributed by atoms with Crippen molar-refractivity contribution in [1.82, 2.24) is 4.98 Å². The third-order valence-corrected chi connectivity index (χ3v) is 3.43. The molecule has 1 aromatic carbocycles. The largest absolute Gasteiger partial charge is 0.486 e. The highest BCUT2D eigenvalue weighted by atomic mass is 32.2. The Morgan fingerprint density at radius 2 is 1.78 bits per heavy atom. The van der Waals surface area contributed by atoms with E-state index in [4.69, 9.17) is 9.47 Å². The molecule has 0 aliphatic carbocycles. The van der Waals surface area contributed by atoms with Crippen LogP contribution in [0.25, 0.3) is 0 Å². The highest BCUT2D eigenvalue weighted by molar-refractivity contribution is 7.99. The summed E-state index contributed by atoms with van der Waals surface area (Å²) in [6.07, 6.45) is 1.45. The molecule has 0 N–H and O–H groups in total. The Kier molecular flexibility index (Phi) is 3.06. The Morgan fingerprint density at radius 1 is 1.00 bits per heavy atom. The minimum atomic E-state index is -0.474. The lowest BCUT2D eigenvalue weighted by Gasteiger charge is -2.18. The van der Waals surface area contributed by atoms with Crippen molar-refractivity contribution >= 4 is 11.8 Å². The molecule has 0 atom stereocenters. The zero-order valence-corrected chi connectivity index (χ0v) is 10.2. The van der Waals surface area contributed by atoms with Crippen molar-refractivity contribution in [2.75, 3.05) is 13.2 Å².